The standard InChI is InChI=1S/C25H28FNO4.C18H22FNO4.CH4/c1-18-22(14-11-19-9-12-21(13-10-19)30-16-15-26)27-25(29-3)24(28-2)23(18)31-17-20-7-5-4-6-8-20;1-12-15(20-18(23-3)17(22-2)16(12)21)9-6-13-4-7-14(8-5-13)24-11-10-19;/h4-10,12-13H,11,14-17H2,1-3H3;4-5,7-8H,6,9-11H2,1-3H3,(H,20,21);1H4. The van der Waals surface area contributed by atoms with Crippen LogP contribution in [0.25, 0.3) is 0 Å². The zero-order chi connectivity index (χ0) is 39.6. The molecule has 0 aliphatic carbocycles. The van der Waals surface area contributed by atoms with Crippen molar-refractivity contribution in [2.24, 2.45) is 0 Å². The molecule has 56 heavy (non-hydrogen) atoms. The molecule has 0 saturated carbocycles. The summed E-state index contributed by atoms with van der Waals surface area (Å²) in [7, 11) is 6.09. The number of methoxy groups -OCH3 is 4. The molecule has 5 aromatic rings. The van der Waals surface area contributed by atoms with Crippen LogP contribution in [0.4, 0.5) is 8.78 Å². The first kappa shape index (κ1) is 44.6. The maximum absolute atomic E-state index is 12.3. The molecule has 1 N–H and O–H groups in total. The van der Waals surface area contributed by atoms with Crippen LogP contribution in [-0.4, -0.2) is 65.0 Å². The molecule has 0 atom stereocenters. The second-order valence-electron chi connectivity index (χ2n) is 12.3. The highest BCUT2D eigenvalue weighted by Crippen LogP contribution is 2.40. The SMILES string of the molecule is C.COc1[nH]c(CCc2ccc(OCCF)cc2)c(C)c(=O)c1OC.COc1nc(CCc2ccc(OCCF)cc2)c(C)c(OCc2ccccc2)c1OC. The summed E-state index contributed by atoms with van der Waals surface area (Å²) in [6.07, 6.45) is 2.89. The number of H-pyrrole nitrogens is 1. The van der Waals surface area contributed by atoms with E-state index in [0.717, 1.165) is 46.5 Å². The number of alkyl halides is 2. The highest BCUT2D eigenvalue weighted by molar-refractivity contribution is 5.54. The number of ether oxygens (including phenoxy) is 7. The van der Waals surface area contributed by atoms with Gasteiger partial charge in [0.25, 0.3) is 5.88 Å². The first-order chi connectivity index (χ1) is 26.8. The molecule has 0 aliphatic heterocycles. The molecule has 0 amide bonds. The van der Waals surface area contributed by atoms with Crippen LogP contribution < -0.4 is 38.6 Å². The van der Waals surface area contributed by atoms with Crippen LogP contribution in [0.3, 0.4) is 0 Å². The number of nitrogens with zero attached hydrogens (tertiary/aromatic N) is 1. The fraction of sp³-hybridized carbons (Fsp3) is 0.364. The zero-order valence-corrected chi connectivity index (χ0v) is 32.3. The highest BCUT2D eigenvalue weighted by Gasteiger charge is 2.21. The Morgan fingerprint density at radius 3 is 1.64 bits per heavy atom. The van der Waals surface area contributed by atoms with Gasteiger partial charge in [0, 0.05) is 16.8 Å². The summed E-state index contributed by atoms with van der Waals surface area (Å²) in [4.78, 5) is 20.1. The number of hydrogen-bond acceptors (Lipinski definition) is 9. The lowest BCUT2D eigenvalue weighted by Crippen LogP contribution is -2.15. The van der Waals surface area contributed by atoms with E-state index in [-0.39, 0.29) is 31.8 Å². The molecular formula is C44H54F2N2O8. The van der Waals surface area contributed by atoms with Gasteiger partial charge in [-0.1, -0.05) is 62.0 Å². The van der Waals surface area contributed by atoms with Crippen molar-refractivity contribution in [3.8, 4) is 40.5 Å². The molecule has 0 aliphatic rings. The molecule has 0 unspecified atom stereocenters. The zero-order valence-electron chi connectivity index (χ0n) is 32.3. The molecular weight excluding hydrogens is 722 g/mol. The molecule has 5 rings (SSSR count). The Morgan fingerprint density at radius 2 is 1.14 bits per heavy atom. The van der Waals surface area contributed by atoms with Gasteiger partial charge in [0.2, 0.25) is 22.8 Å². The van der Waals surface area contributed by atoms with Gasteiger partial charge in [0.05, 0.1) is 34.1 Å². The minimum Gasteiger partial charge on any atom is -0.491 e. The molecule has 2 heterocycles. The molecule has 302 valence electrons. The van der Waals surface area contributed by atoms with E-state index < -0.39 is 13.3 Å². The normalized spacial score (nSPS) is 10.4. The summed E-state index contributed by atoms with van der Waals surface area (Å²) in [5.41, 5.74) is 6.38. The lowest BCUT2D eigenvalue weighted by molar-refractivity contribution is 0.269. The molecule has 10 nitrogen and oxygen atoms in total. The summed E-state index contributed by atoms with van der Waals surface area (Å²) in [6.45, 7) is 3.30. The van der Waals surface area contributed by atoms with Gasteiger partial charge in [0.1, 0.15) is 44.7 Å². The number of benzene rings is 3. The van der Waals surface area contributed by atoms with Crippen LogP contribution in [0.1, 0.15) is 46.6 Å². The third-order valence-corrected chi connectivity index (χ3v) is 8.76. The average molecular weight is 777 g/mol. The quantitative estimate of drug-likeness (QED) is 0.0882. The van der Waals surface area contributed by atoms with Crippen molar-refractivity contribution in [1.82, 2.24) is 9.97 Å². The highest BCUT2D eigenvalue weighted by atomic mass is 19.1. The van der Waals surface area contributed by atoms with E-state index in [1.807, 2.05) is 85.8 Å². The van der Waals surface area contributed by atoms with Gasteiger partial charge in [-0.25, -0.2) is 13.8 Å². The van der Waals surface area contributed by atoms with Crippen molar-refractivity contribution in [2.75, 3.05) is 55.0 Å². The number of aromatic amines is 1. The van der Waals surface area contributed by atoms with Crippen LogP contribution in [0.5, 0.6) is 40.5 Å². The number of nitrogens with one attached hydrogen (secondary N) is 1. The summed E-state index contributed by atoms with van der Waals surface area (Å²) in [5, 5.41) is 0. The summed E-state index contributed by atoms with van der Waals surface area (Å²) >= 11 is 0. The van der Waals surface area contributed by atoms with E-state index in [1.165, 1.54) is 14.2 Å². The second-order valence-corrected chi connectivity index (χ2v) is 12.3. The van der Waals surface area contributed by atoms with E-state index >= 15 is 0 Å². The van der Waals surface area contributed by atoms with Crippen molar-refractivity contribution in [3.63, 3.8) is 0 Å². The number of rotatable bonds is 19. The van der Waals surface area contributed by atoms with Crippen LogP contribution >= 0.6 is 0 Å². The summed E-state index contributed by atoms with van der Waals surface area (Å²) in [5.74, 6) is 3.37. The maximum atomic E-state index is 12.3. The van der Waals surface area contributed by atoms with Gasteiger partial charge < -0.3 is 38.1 Å². The second kappa shape index (κ2) is 23.2. The van der Waals surface area contributed by atoms with Gasteiger partial charge in [-0.3, -0.25) is 4.79 Å². The first-order valence-corrected chi connectivity index (χ1v) is 17.9. The van der Waals surface area contributed by atoms with Crippen molar-refractivity contribution in [1.29, 1.82) is 0 Å². The molecule has 0 saturated heterocycles. The van der Waals surface area contributed by atoms with Crippen molar-refractivity contribution in [3.05, 3.63) is 128 Å². The molecule has 2 aromatic heterocycles. The Kier molecular flexibility index (Phi) is 18.5. The Bertz CT molecular complexity index is 1970. The van der Waals surface area contributed by atoms with E-state index in [0.29, 0.717) is 59.8 Å². The lowest BCUT2D eigenvalue weighted by Gasteiger charge is -2.18. The van der Waals surface area contributed by atoms with E-state index in [1.54, 1.807) is 21.1 Å². The topological polar surface area (TPSA) is 110 Å². The molecule has 3 aromatic carbocycles. The largest absolute Gasteiger partial charge is 0.491 e. The Hall–Kier alpha value is -5.78. The van der Waals surface area contributed by atoms with E-state index in [2.05, 4.69) is 9.97 Å². The number of hydrogen-bond donors (Lipinski definition) is 1. The molecule has 0 fully saturated rings. The van der Waals surface area contributed by atoms with Gasteiger partial charge in [0.15, 0.2) is 5.75 Å². The minimum absolute atomic E-state index is 0. The summed E-state index contributed by atoms with van der Waals surface area (Å²) in [6, 6.07) is 25.1. The fourth-order valence-electron chi connectivity index (χ4n) is 5.75. The minimum atomic E-state index is -0.506. The smallest absolute Gasteiger partial charge is 0.261 e. The predicted octanol–water partition coefficient (Wildman–Crippen LogP) is 8.59. The number of aromatic nitrogens is 2. The Labute approximate surface area is 328 Å². The maximum Gasteiger partial charge on any atom is 0.261 e. The van der Waals surface area contributed by atoms with Gasteiger partial charge in [-0.2, -0.15) is 0 Å². The van der Waals surface area contributed by atoms with E-state index in [4.69, 9.17) is 33.2 Å². The lowest BCUT2D eigenvalue weighted by atomic mass is 10.0. The third kappa shape index (κ3) is 12.4. The van der Waals surface area contributed by atoms with Crippen LogP contribution in [0.2, 0.25) is 0 Å². The Morgan fingerprint density at radius 1 is 0.589 bits per heavy atom. The van der Waals surface area contributed by atoms with Crippen molar-refractivity contribution >= 4 is 0 Å². The predicted molar refractivity (Wildman–Crippen MR) is 215 cm³/mol. The third-order valence-electron chi connectivity index (χ3n) is 8.76. The van der Waals surface area contributed by atoms with Crippen molar-refractivity contribution < 1.29 is 41.9 Å². The Balaban J connectivity index is 0.000000305. The fourth-order valence-corrected chi connectivity index (χ4v) is 5.75. The molecule has 0 radical (unpaired) electrons. The van der Waals surface area contributed by atoms with Gasteiger partial charge in [-0.15, -0.1) is 0 Å². The number of aryl methyl sites for hydroxylation is 4. The number of halogens is 2. The number of pyridine rings is 2. The van der Waals surface area contributed by atoms with Crippen LogP contribution in [0, 0.1) is 13.8 Å². The van der Waals surface area contributed by atoms with Gasteiger partial charge >= 0.3 is 0 Å². The first-order valence-electron chi connectivity index (χ1n) is 17.9. The monoisotopic (exact) mass is 776 g/mol. The molecule has 0 spiro atoms. The summed E-state index contributed by atoms with van der Waals surface area (Å²) < 4.78 is 62.3. The molecule has 0 bridgehead atoms. The average Bonchev–Trinajstić information content (AvgIpc) is 3.22. The van der Waals surface area contributed by atoms with Crippen LogP contribution in [-0.2, 0) is 32.3 Å². The molecule has 12 heteroatoms. The van der Waals surface area contributed by atoms with Crippen molar-refractivity contribution in [2.45, 2.75) is 53.6 Å². The van der Waals surface area contributed by atoms with Gasteiger partial charge in [-0.05, 0) is 80.5 Å². The van der Waals surface area contributed by atoms with E-state index in [9.17, 15) is 13.6 Å². The van der Waals surface area contributed by atoms with Crippen LogP contribution in [0.15, 0.2) is 83.7 Å².